The molecule has 1 unspecified atom stereocenters. The minimum atomic E-state index is 0.225. The van der Waals surface area contributed by atoms with Crippen LogP contribution in [0.4, 0.5) is 5.82 Å². The molecule has 0 aromatic carbocycles. The van der Waals surface area contributed by atoms with Crippen molar-refractivity contribution in [2.75, 3.05) is 44.2 Å². The molecule has 0 bridgehead atoms. The molecule has 2 N–H and O–H groups in total. The van der Waals surface area contributed by atoms with Gasteiger partial charge in [-0.3, -0.25) is 4.90 Å². The van der Waals surface area contributed by atoms with Crippen LogP contribution in [-0.2, 0) is 0 Å². The van der Waals surface area contributed by atoms with Gasteiger partial charge in [0, 0.05) is 44.4 Å². The highest BCUT2D eigenvalue weighted by atomic mass is 16.3. The first-order valence-corrected chi connectivity index (χ1v) is 10.2. The van der Waals surface area contributed by atoms with Crippen LogP contribution in [-0.4, -0.2) is 92.3 Å². The topological polar surface area (TPSA) is 84.4 Å². The number of aliphatic hydroxyl groups excluding tert-OH is 1. The van der Waals surface area contributed by atoms with Gasteiger partial charge < -0.3 is 19.9 Å². The average molecular weight is 374 g/mol. The zero-order valence-corrected chi connectivity index (χ0v) is 16.4. The van der Waals surface area contributed by atoms with Gasteiger partial charge in [0.15, 0.2) is 11.5 Å². The summed E-state index contributed by atoms with van der Waals surface area (Å²) < 4.78 is 0. The fourth-order valence-corrected chi connectivity index (χ4v) is 4.67. The zero-order chi connectivity index (χ0) is 18.8. The molecule has 0 saturated carbocycles. The summed E-state index contributed by atoms with van der Waals surface area (Å²) >= 11 is 0. The summed E-state index contributed by atoms with van der Waals surface area (Å²) in [5, 5.41) is 9.65. The van der Waals surface area contributed by atoms with E-state index in [2.05, 4.69) is 48.5 Å². The monoisotopic (exact) mass is 373 g/mol. The maximum absolute atomic E-state index is 9.65. The Morgan fingerprint density at radius 2 is 1.96 bits per heavy atom. The second-order valence-corrected chi connectivity index (χ2v) is 8.01. The second-order valence-electron chi connectivity index (χ2n) is 8.01. The van der Waals surface area contributed by atoms with Crippen LogP contribution in [0.5, 0.6) is 0 Å². The van der Waals surface area contributed by atoms with Crippen molar-refractivity contribution in [3.05, 3.63) is 12.7 Å². The Balaban J connectivity index is 1.47. The van der Waals surface area contributed by atoms with Gasteiger partial charge in [-0.15, -0.1) is 0 Å². The van der Waals surface area contributed by atoms with Gasteiger partial charge >= 0.3 is 0 Å². The zero-order valence-electron chi connectivity index (χ0n) is 16.4. The van der Waals surface area contributed by atoms with Gasteiger partial charge in [0.1, 0.15) is 11.8 Å². The van der Waals surface area contributed by atoms with E-state index in [1.807, 2.05) is 0 Å². The van der Waals surface area contributed by atoms with Crippen LogP contribution in [0, 0.1) is 0 Å². The van der Waals surface area contributed by atoms with Crippen molar-refractivity contribution in [2.45, 2.75) is 51.2 Å². The number of aromatic nitrogens is 4. The Hall–Kier alpha value is -1.77. The summed E-state index contributed by atoms with van der Waals surface area (Å²) in [5.41, 5.74) is 1.61. The minimum absolute atomic E-state index is 0.225. The highest BCUT2D eigenvalue weighted by molar-refractivity contribution is 5.82. The Morgan fingerprint density at radius 1 is 1.15 bits per heavy atom. The summed E-state index contributed by atoms with van der Waals surface area (Å²) in [7, 11) is 0. The Morgan fingerprint density at radius 3 is 2.70 bits per heavy atom. The molecule has 2 fully saturated rings. The molecule has 8 heteroatoms. The predicted octanol–water partition coefficient (Wildman–Crippen LogP) is 1.10. The van der Waals surface area contributed by atoms with E-state index in [4.69, 9.17) is 0 Å². The highest BCUT2D eigenvalue weighted by Gasteiger charge is 2.34. The minimum Gasteiger partial charge on any atom is -0.396 e. The van der Waals surface area contributed by atoms with Gasteiger partial charge in [-0.05, 0) is 46.2 Å². The number of H-pyrrole nitrogens is 1. The Kier molecular flexibility index (Phi) is 5.56. The number of imidazole rings is 1. The number of piperidine rings is 1. The van der Waals surface area contributed by atoms with Gasteiger partial charge in [0.2, 0.25) is 0 Å². The van der Waals surface area contributed by atoms with Crippen LogP contribution < -0.4 is 4.90 Å². The number of nitrogens with zero attached hydrogens (tertiary/aromatic N) is 6. The summed E-state index contributed by atoms with van der Waals surface area (Å²) in [6.45, 7) is 9.98. The van der Waals surface area contributed by atoms with Crippen LogP contribution in [0.25, 0.3) is 11.2 Å². The van der Waals surface area contributed by atoms with Crippen LogP contribution in [0.2, 0.25) is 0 Å². The molecule has 8 nitrogen and oxygen atoms in total. The van der Waals surface area contributed by atoms with Crippen molar-refractivity contribution in [1.29, 1.82) is 0 Å². The number of likely N-dealkylation sites (tertiary alicyclic amines) is 1. The number of aromatic amines is 1. The molecule has 148 valence electrons. The molecule has 2 saturated heterocycles. The van der Waals surface area contributed by atoms with Crippen LogP contribution >= 0.6 is 0 Å². The molecule has 2 aromatic heterocycles. The lowest BCUT2D eigenvalue weighted by atomic mass is 9.97. The maximum atomic E-state index is 9.65. The van der Waals surface area contributed by atoms with Crippen molar-refractivity contribution in [3.63, 3.8) is 0 Å². The molecule has 0 radical (unpaired) electrons. The highest BCUT2D eigenvalue weighted by Crippen LogP contribution is 2.27. The standard InChI is InChI=1S/C19H31N7O/c1-14(2)24-6-3-15(4-7-24)26-9-8-25(11-16(26)5-10-27)19-17-18(21-12-20-17)22-13-23-19/h12-16,27H,3-11H2,1-2H3,(H,20,21,22,23). The van der Waals surface area contributed by atoms with E-state index in [0.29, 0.717) is 23.8 Å². The molecule has 0 amide bonds. The molecule has 0 aliphatic carbocycles. The van der Waals surface area contributed by atoms with E-state index in [1.54, 1.807) is 12.7 Å². The number of anilines is 1. The summed E-state index contributed by atoms with van der Waals surface area (Å²) in [6, 6.07) is 1.61. The largest absolute Gasteiger partial charge is 0.396 e. The molecular weight excluding hydrogens is 342 g/mol. The fourth-order valence-electron chi connectivity index (χ4n) is 4.67. The SMILES string of the molecule is CC(C)N1CCC(N2CCN(c3ncnc4nc[nH]c34)CC2CCO)CC1. The molecule has 2 aliphatic rings. The van der Waals surface area contributed by atoms with Crippen molar-refractivity contribution >= 4 is 17.0 Å². The normalized spacial score (nSPS) is 23.6. The van der Waals surface area contributed by atoms with Gasteiger partial charge in [-0.25, -0.2) is 15.0 Å². The van der Waals surface area contributed by atoms with Crippen molar-refractivity contribution in [1.82, 2.24) is 29.7 Å². The first-order valence-electron chi connectivity index (χ1n) is 10.2. The number of piperazine rings is 1. The smallest absolute Gasteiger partial charge is 0.182 e. The number of hydrogen-bond acceptors (Lipinski definition) is 7. The van der Waals surface area contributed by atoms with Crippen molar-refractivity contribution in [2.24, 2.45) is 0 Å². The maximum Gasteiger partial charge on any atom is 0.182 e. The Bertz CT molecular complexity index is 740. The van der Waals surface area contributed by atoms with E-state index in [0.717, 1.165) is 37.4 Å². The number of hydrogen-bond donors (Lipinski definition) is 2. The van der Waals surface area contributed by atoms with E-state index >= 15 is 0 Å². The molecule has 1 atom stereocenters. The number of aliphatic hydroxyl groups is 1. The summed E-state index contributed by atoms with van der Waals surface area (Å²) in [6.07, 6.45) is 6.51. The molecule has 4 heterocycles. The van der Waals surface area contributed by atoms with Crippen molar-refractivity contribution in [3.8, 4) is 0 Å². The van der Waals surface area contributed by atoms with E-state index in [-0.39, 0.29) is 6.61 Å². The van der Waals surface area contributed by atoms with E-state index < -0.39 is 0 Å². The number of nitrogens with one attached hydrogen (secondary N) is 1. The quantitative estimate of drug-likeness (QED) is 0.812. The molecule has 2 aliphatic heterocycles. The Labute approximate surface area is 160 Å². The molecular formula is C19H31N7O. The first kappa shape index (κ1) is 18.6. The lowest BCUT2D eigenvalue weighted by molar-refractivity contribution is 0.0463. The van der Waals surface area contributed by atoms with Crippen LogP contribution in [0.15, 0.2) is 12.7 Å². The third-order valence-corrected chi connectivity index (χ3v) is 6.19. The number of fused-ring (bicyclic) bond motifs is 1. The van der Waals surface area contributed by atoms with Crippen molar-refractivity contribution < 1.29 is 5.11 Å². The molecule has 2 aromatic rings. The molecule has 27 heavy (non-hydrogen) atoms. The van der Waals surface area contributed by atoms with Gasteiger partial charge in [0.05, 0.1) is 6.33 Å². The van der Waals surface area contributed by atoms with E-state index in [9.17, 15) is 5.11 Å². The average Bonchev–Trinajstić information content (AvgIpc) is 3.17. The van der Waals surface area contributed by atoms with Crippen LogP contribution in [0.1, 0.15) is 33.1 Å². The first-order chi connectivity index (χ1) is 13.2. The predicted molar refractivity (Wildman–Crippen MR) is 106 cm³/mol. The summed E-state index contributed by atoms with van der Waals surface area (Å²) in [4.78, 5) is 23.7. The molecule has 0 spiro atoms. The van der Waals surface area contributed by atoms with Gasteiger partial charge in [0.25, 0.3) is 0 Å². The third-order valence-electron chi connectivity index (χ3n) is 6.19. The summed E-state index contributed by atoms with van der Waals surface area (Å²) in [5.74, 6) is 0.926. The lowest BCUT2D eigenvalue weighted by Crippen LogP contribution is -2.59. The second kappa shape index (κ2) is 8.08. The van der Waals surface area contributed by atoms with Crippen LogP contribution in [0.3, 0.4) is 0 Å². The van der Waals surface area contributed by atoms with E-state index in [1.165, 1.54) is 25.9 Å². The fraction of sp³-hybridized carbons (Fsp3) is 0.737. The lowest BCUT2D eigenvalue weighted by Gasteiger charge is -2.48. The van der Waals surface area contributed by atoms with Gasteiger partial charge in [-0.2, -0.15) is 0 Å². The molecule has 4 rings (SSSR count). The van der Waals surface area contributed by atoms with Gasteiger partial charge in [-0.1, -0.05) is 0 Å². The number of rotatable bonds is 5. The third kappa shape index (κ3) is 3.79.